The van der Waals surface area contributed by atoms with Crippen LogP contribution in [0.3, 0.4) is 0 Å². The molecule has 2 aromatic carbocycles. The first-order valence-electron chi connectivity index (χ1n) is 7.87. The average molecular weight is 389 g/mol. The molecule has 0 aliphatic heterocycles. The molecule has 0 atom stereocenters. The third kappa shape index (κ3) is 4.53. The molecule has 0 radical (unpaired) electrons. The van der Waals surface area contributed by atoms with Gasteiger partial charge in [0.2, 0.25) is 0 Å². The first-order valence-corrected chi connectivity index (χ1v) is 9.19. The second-order valence-corrected chi connectivity index (χ2v) is 6.53. The minimum absolute atomic E-state index is 0.214. The Bertz CT molecular complexity index is 884. The standard InChI is InChI=1S/C19H17ClN2O3S/c1-24-18-8-13(6-7-17(18)25-10-15-11-26-12-22-15)19(23)21-9-14-4-2-3-5-16(14)20/h2-8,11-12H,9-10H2,1H3,(H,21,23). The van der Waals surface area contributed by atoms with Crippen molar-refractivity contribution in [1.82, 2.24) is 10.3 Å². The molecule has 0 fully saturated rings. The summed E-state index contributed by atoms with van der Waals surface area (Å²) in [6, 6.07) is 12.5. The highest BCUT2D eigenvalue weighted by Gasteiger charge is 2.12. The molecule has 26 heavy (non-hydrogen) atoms. The van der Waals surface area contributed by atoms with Crippen molar-refractivity contribution in [2.24, 2.45) is 0 Å². The smallest absolute Gasteiger partial charge is 0.251 e. The predicted octanol–water partition coefficient (Wildman–Crippen LogP) is 4.31. The number of nitrogens with one attached hydrogen (secondary N) is 1. The van der Waals surface area contributed by atoms with Gasteiger partial charge in [0, 0.05) is 22.5 Å². The number of rotatable bonds is 7. The van der Waals surface area contributed by atoms with Gasteiger partial charge in [-0.1, -0.05) is 29.8 Å². The molecular formula is C19H17ClN2O3S. The lowest BCUT2D eigenvalue weighted by Crippen LogP contribution is -2.23. The quantitative estimate of drug-likeness (QED) is 0.655. The Labute approximate surface area is 160 Å². The number of nitrogens with zero attached hydrogens (tertiary/aromatic N) is 1. The van der Waals surface area contributed by atoms with Gasteiger partial charge < -0.3 is 14.8 Å². The summed E-state index contributed by atoms with van der Waals surface area (Å²) in [5.41, 5.74) is 3.94. The molecule has 7 heteroatoms. The molecule has 0 bridgehead atoms. The highest BCUT2D eigenvalue weighted by molar-refractivity contribution is 7.07. The van der Waals surface area contributed by atoms with Crippen LogP contribution in [0.1, 0.15) is 21.6 Å². The summed E-state index contributed by atoms with van der Waals surface area (Å²) < 4.78 is 11.1. The van der Waals surface area contributed by atoms with E-state index in [0.717, 1.165) is 11.3 Å². The molecular weight excluding hydrogens is 372 g/mol. The molecule has 0 saturated heterocycles. The third-order valence-electron chi connectivity index (χ3n) is 3.68. The van der Waals surface area contributed by atoms with E-state index in [2.05, 4.69) is 10.3 Å². The zero-order valence-electron chi connectivity index (χ0n) is 14.1. The van der Waals surface area contributed by atoms with Crippen LogP contribution in [0.4, 0.5) is 0 Å². The normalized spacial score (nSPS) is 10.4. The van der Waals surface area contributed by atoms with E-state index in [0.29, 0.717) is 35.2 Å². The number of ether oxygens (including phenoxy) is 2. The van der Waals surface area contributed by atoms with Crippen molar-refractivity contribution in [2.45, 2.75) is 13.2 Å². The third-order valence-corrected chi connectivity index (χ3v) is 4.69. The van der Waals surface area contributed by atoms with E-state index in [-0.39, 0.29) is 5.91 Å². The molecule has 3 rings (SSSR count). The Morgan fingerprint density at radius 3 is 2.81 bits per heavy atom. The summed E-state index contributed by atoms with van der Waals surface area (Å²) in [6.45, 7) is 0.695. The summed E-state index contributed by atoms with van der Waals surface area (Å²) in [7, 11) is 1.54. The average Bonchev–Trinajstić information content (AvgIpc) is 3.19. The number of carbonyl (C=O) groups is 1. The van der Waals surface area contributed by atoms with Crippen molar-refractivity contribution < 1.29 is 14.3 Å². The number of hydrogen-bond acceptors (Lipinski definition) is 5. The molecule has 0 unspecified atom stereocenters. The van der Waals surface area contributed by atoms with E-state index >= 15 is 0 Å². The van der Waals surface area contributed by atoms with Gasteiger partial charge in [0.05, 0.1) is 18.3 Å². The van der Waals surface area contributed by atoms with Crippen molar-refractivity contribution in [3.63, 3.8) is 0 Å². The van der Waals surface area contributed by atoms with Crippen LogP contribution in [0.2, 0.25) is 5.02 Å². The zero-order chi connectivity index (χ0) is 18.4. The number of hydrogen-bond donors (Lipinski definition) is 1. The van der Waals surface area contributed by atoms with Gasteiger partial charge in [0.25, 0.3) is 5.91 Å². The monoisotopic (exact) mass is 388 g/mol. The fourth-order valence-electron chi connectivity index (χ4n) is 2.31. The molecule has 1 N–H and O–H groups in total. The van der Waals surface area contributed by atoms with Crippen LogP contribution >= 0.6 is 22.9 Å². The van der Waals surface area contributed by atoms with E-state index in [4.69, 9.17) is 21.1 Å². The fraction of sp³-hybridized carbons (Fsp3) is 0.158. The van der Waals surface area contributed by atoms with Crippen molar-refractivity contribution in [2.75, 3.05) is 7.11 Å². The first kappa shape index (κ1) is 18.2. The summed E-state index contributed by atoms with van der Waals surface area (Å²) in [4.78, 5) is 16.6. The number of amides is 1. The molecule has 0 spiro atoms. The van der Waals surface area contributed by atoms with Gasteiger partial charge in [0.15, 0.2) is 11.5 Å². The van der Waals surface area contributed by atoms with Gasteiger partial charge in [-0.3, -0.25) is 4.79 Å². The molecule has 134 valence electrons. The molecule has 1 amide bonds. The Morgan fingerprint density at radius 2 is 2.08 bits per heavy atom. The van der Waals surface area contributed by atoms with Crippen molar-refractivity contribution in [3.05, 3.63) is 75.2 Å². The van der Waals surface area contributed by atoms with Gasteiger partial charge in [0.1, 0.15) is 6.61 Å². The zero-order valence-corrected chi connectivity index (χ0v) is 15.6. The van der Waals surface area contributed by atoms with Crippen LogP contribution < -0.4 is 14.8 Å². The molecule has 1 aromatic heterocycles. The number of methoxy groups -OCH3 is 1. The maximum absolute atomic E-state index is 12.4. The summed E-state index contributed by atoms with van der Waals surface area (Å²) in [5, 5.41) is 5.39. The number of aromatic nitrogens is 1. The van der Waals surface area contributed by atoms with Gasteiger partial charge in [-0.25, -0.2) is 4.98 Å². The Hall–Kier alpha value is -2.57. The van der Waals surface area contributed by atoms with Gasteiger partial charge in [-0.2, -0.15) is 0 Å². The van der Waals surface area contributed by atoms with E-state index in [1.165, 1.54) is 18.4 Å². The maximum atomic E-state index is 12.4. The molecule has 5 nitrogen and oxygen atoms in total. The van der Waals surface area contributed by atoms with E-state index in [1.54, 1.807) is 29.8 Å². The van der Waals surface area contributed by atoms with Crippen LogP contribution in [0.5, 0.6) is 11.5 Å². The van der Waals surface area contributed by atoms with E-state index < -0.39 is 0 Å². The van der Waals surface area contributed by atoms with Gasteiger partial charge in [-0.15, -0.1) is 11.3 Å². The van der Waals surface area contributed by atoms with Crippen molar-refractivity contribution >= 4 is 28.8 Å². The van der Waals surface area contributed by atoms with Crippen molar-refractivity contribution in [1.29, 1.82) is 0 Å². The second-order valence-electron chi connectivity index (χ2n) is 5.41. The number of thiazole rings is 1. The Kier molecular flexibility index (Phi) is 6.09. The predicted molar refractivity (Wildman–Crippen MR) is 102 cm³/mol. The lowest BCUT2D eigenvalue weighted by molar-refractivity contribution is 0.0950. The first-order chi connectivity index (χ1) is 12.7. The van der Waals surface area contributed by atoms with Crippen LogP contribution in [0.15, 0.2) is 53.4 Å². The van der Waals surface area contributed by atoms with Crippen LogP contribution in [-0.2, 0) is 13.2 Å². The Balaban J connectivity index is 1.66. The van der Waals surface area contributed by atoms with E-state index in [1.807, 2.05) is 23.6 Å². The van der Waals surface area contributed by atoms with Gasteiger partial charge >= 0.3 is 0 Å². The second kappa shape index (κ2) is 8.69. The van der Waals surface area contributed by atoms with Crippen LogP contribution in [0, 0.1) is 0 Å². The lowest BCUT2D eigenvalue weighted by atomic mass is 10.1. The minimum atomic E-state index is -0.214. The fourth-order valence-corrected chi connectivity index (χ4v) is 3.05. The minimum Gasteiger partial charge on any atom is -0.493 e. The molecule has 0 aliphatic rings. The Morgan fingerprint density at radius 1 is 1.23 bits per heavy atom. The van der Waals surface area contributed by atoms with Gasteiger partial charge in [-0.05, 0) is 29.8 Å². The van der Waals surface area contributed by atoms with Crippen LogP contribution in [-0.4, -0.2) is 18.0 Å². The highest BCUT2D eigenvalue weighted by Crippen LogP contribution is 2.29. The molecule has 0 aliphatic carbocycles. The molecule has 0 saturated carbocycles. The van der Waals surface area contributed by atoms with Crippen LogP contribution in [0.25, 0.3) is 0 Å². The molecule has 3 aromatic rings. The summed E-state index contributed by atoms with van der Waals surface area (Å²) in [5.74, 6) is 0.836. The highest BCUT2D eigenvalue weighted by atomic mass is 35.5. The largest absolute Gasteiger partial charge is 0.493 e. The SMILES string of the molecule is COc1cc(C(=O)NCc2ccccc2Cl)ccc1OCc1cscn1. The number of benzene rings is 2. The lowest BCUT2D eigenvalue weighted by Gasteiger charge is -2.12. The number of halogens is 1. The molecule has 1 heterocycles. The van der Waals surface area contributed by atoms with Crippen molar-refractivity contribution in [3.8, 4) is 11.5 Å². The number of carbonyl (C=O) groups excluding carboxylic acids is 1. The summed E-state index contributed by atoms with van der Waals surface area (Å²) >= 11 is 7.62. The van der Waals surface area contributed by atoms with E-state index in [9.17, 15) is 4.79 Å². The summed E-state index contributed by atoms with van der Waals surface area (Å²) in [6.07, 6.45) is 0. The topological polar surface area (TPSA) is 60.5 Å². The maximum Gasteiger partial charge on any atom is 0.251 e.